The maximum absolute atomic E-state index is 12.9. The second kappa shape index (κ2) is 69.0. The maximum atomic E-state index is 12.9. The molecule has 0 heterocycles. The van der Waals surface area contributed by atoms with Crippen molar-refractivity contribution in [2.24, 2.45) is 0 Å². The normalized spacial score (nSPS) is 13.0. The van der Waals surface area contributed by atoms with Gasteiger partial charge in [-0.3, -0.25) is 14.4 Å². The van der Waals surface area contributed by atoms with E-state index >= 15 is 0 Å². The zero-order valence-corrected chi connectivity index (χ0v) is 53.5. The summed E-state index contributed by atoms with van der Waals surface area (Å²) in [6.45, 7) is 6.50. The van der Waals surface area contributed by atoms with Crippen LogP contribution in [0.5, 0.6) is 0 Å². The molecule has 1 atom stereocenters. The van der Waals surface area contributed by atoms with Crippen LogP contribution in [-0.2, 0) is 28.6 Å². The van der Waals surface area contributed by atoms with E-state index in [-0.39, 0.29) is 31.1 Å². The van der Waals surface area contributed by atoms with Crippen LogP contribution in [0.2, 0.25) is 0 Å². The van der Waals surface area contributed by atoms with E-state index in [2.05, 4.69) is 154 Å². The van der Waals surface area contributed by atoms with Gasteiger partial charge >= 0.3 is 17.9 Å². The Morgan fingerprint density at radius 3 is 0.780 bits per heavy atom. The maximum Gasteiger partial charge on any atom is 0.306 e. The first kappa shape index (κ1) is 77.5. The lowest BCUT2D eigenvalue weighted by Gasteiger charge is -2.18. The van der Waals surface area contributed by atoms with Crippen LogP contribution in [0.3, 0.4) is 0 Å². The second-order valence-electron chi connectivity index (χ2n) is 22.4. The van der Waals surface area contributed by atoms with Gasteiger partial charge in [0.2, 0.25) is 0 Å². The van der Waals surface area contributed by atoms with E-state index in [0.29, 0.717) is 19.3 Å². The molecule has 0 aromatic heterocycles. The molecule has 0 aliphatic heterocycles. The number of hydrogen-bond acceptors (Lipinski definition) is 6. The molecule has 0 aliphatic carbocycles. The van der Waals surface area contributed by atoms with Gasteiger partial charge < -0.3 is 14.2 Å². The first-order chi connectivity index (χ1) is 40.5. The summed E-state index contributed by atoms with van der Waals surface area (Å²) in [6.07, 6.45) is 97.6. The summed E-state index contributed by atoms with van der Waals surface area (Å²) in [4.78, 5) is 38.3. The molecule has 6 heteroatoms. The van der Waals surface area contributed by atoms with Crippen molar-refractivity contribution >= 4 is 17.9 Å². The molecule has 0 radical (unpaired) electrons. The Labute approximate surface area is 506 Å². The van der Waals surface area contributed by atoms with Crippen LogP contribution in [0.15, 0.2) is 134 Å². The highest BCUT2D eigenvalue weighted by atomic mass is 16.6. The van der Waals surface area contributed by atoms with Gasteiger partial charge in [0, 0.05) is 19.3 Å². The first-order valence-electron chi connectivity index (χ1n) is 34.2. The minimum absolute atomic E-state index is 0.0925. The van der Waals surface area contributed by atoms with Crippen LogP contribution < -0.4 is 0 Å². The number of esters is 3. The van der Waals surface area contributed by atoms with Gasteiger partial charge in [-0.2, -0.15) is 0 Å². The Bertz CT molecular complexity index is 1730. The predicted octanol–water partition coefficient (Wildman–Crippen LogP) is 23.7. The number of carbonyl (C=O) groups is 3. The molecule has 0 aliphatic rings. The Morgan fingerprint density at radius 1 is 0.256 bits per heavy atom. The molecular weight excluding hydrogens is 1010 g/mol. The highest BCUT2D eigenvalue weighted by Gasteiger charge is 2.19. The average Bonchev–Trinajstić information content (AvgIpc) is 3.47. The molecule has 0 bridgehead atoms. The van der Waals surface area contributed by atoms with E-state index in [1.54, 1.807) is 0 Å². The summed E-state index contributed by atoms with van der Waals surface area (Å²) in [5.74, 6) is -0.934. The van der Waals surface area contributed by atoms with Crippen LogP contribution >= 0.6 is 0 Å². The fourth-order valence-electron chi connectivity index (χ4n) is 9.29. The summed E-state index contributed by atoms with van der Waals surface area (Å²) < 4.78 is 16.9. The molecule has 0 rings (SSSR count). The molecule has 82 heavy (non-hydrogen) atoms. The van der Waals surface area contributed by atoms with Crippen molar-refractivity contribution in [3.8, 4) is 0 Å². The van der Waals surface area contributed by atoms with Gasteiger partial charge in [0.1, 0.15) is 13.2 Å². The zero-order valence-electron chi connectivity index (χ0n) is 53.5. The number of rotatable bonds is 61. The summed E-state index contributed by atoms with van der Waals surface area (Å²) in [6, 6.07) is 0. The fraction of sp³-hybridized carbons (Fsp3) is 0.671. The van der Waals surface area contributed by atoms with Crippen LogP contribution in [0, 0.1) is 0 Å². The van der Waals surface area contributed by atoms with Crippen molar-refractivity contribution in [3.63, 3.8) is 0 Å². The van der Waals surface area contributed by atoms with Crippen LogP contribution in [-0.4, -0.2) is 37.2 Å². The largest absolute Gasteiger partial charge is 0.462 e. The zero-order chi connectivity index (χ0) is 59.2. The summed E-state index contributed by atoms with van der Waals surface area (Å²) in [5.41, 5.74) is 0. The van der Waals surface area contributed by atoms with Crippen molar-refractivity contribution < 1.29 is 28.6 Å². The third kappa shape index (κ3) is 66.4. The minimum Gasteiger partial charge on any atom is -0.462 e. The van der Waals surface area contributed by atoms with Gasteiger partial charge in [0.15, 0.2) is 6.10 Å². The number of allylic oxidation sites excluding steroid dienone is 22. The highest BCUT2D eigenvalue weighted by Crippen LogP contribution is 2.16. The van der Waals surface area contributed by atoms with E-state index in [1.807, 2.05) is 0 Å². The predicted molar refractivity (Wildman–Crippen MR) is 357 cm³/mol. The third-order valence-corrected chi connectivity index (χ3v) is 14.4. The van der Waals surface area contributed by atoms with Crippen molar-refractivity contribution in [3.05, 3.63) is 134 Å². The molecule has 466 valence electrons. The Kier molecular flexibility index (Phi) is 65.3. The molecule has 0 amide bonds. The topological polar surface area (TPSA) is 78.9 Å². The van der Waals surface area contributed by atoms with Crippen LogP contribution in [0.25, 0.3) is 0 Å². The second-order valence-corrected chi connectivity index (χ2v) is 22.4. The highest BCUT2D eigenvalue weighted by molar-refractivity contribution is 5.71. The molecule has 1 unspecified atom stereocenters. The van der Waals surface area contributed by atoms with Crippen molar-refractivity contribution in [1.29, 1.82) is 0 Å². The van der Waals surface area contributed by atoms with E-state index in [4.69, 9.17) is 14.2 Å². The van der Waals surface area contributed by atoms with Gasteiger partial charge in [-0.25, -0.2) is 0 Å². The number of ether oxygens (including phenoxy) is 3. The Hall–Kier alpha value is -4.45. The van der Waals surface area contributed by atoms with E-state index in [9.17, 15) is 14.4 Å². The lowest BCUT2D eigenvalue weighted by atomic mass is 10.0. The average molecular weight is 1140 g/mol. The number of hydrogen-bond donors (Lipinski definition) is 0. The molecule has 0 spiro atoms. The van der Waals surface area contributed by atoms with E-state index in [0.717, 1.165) is 122 Å². The molecule has 0 N–H and O–H groups in total. The lowest BCUT2D eigenvalue weighted by molar-refractivity contribution is -0.167. The molecule has 0 aromatic carbocycles. The first-order valence-corrected chi connectivity index (χ1v) is 34.2. The van der Waals surface area contributed by atoms with Gasteiger partial charge in [-0.15, -0.1) is 0 Å². The van der Waals surface area contributed by atoms with Crippen molar-refractivity contribution in [2.45, 2.75) is 316 Å². The van der Waals surface area contributed by atoms with Crippen molar-refractivity contribution in [1.82, 2.24) is 0 Å². The molecular formula is C76H126O6. The summed E-state index contributed by atoms with van der Waals surface area (Å²) in [5, 5.41) is 0. The Morgan fingerprint density at radius 2 is 0.476 bits per heavy atom. The Balaban J connectivity index is 4.37. The van der Waals surface area contributed by atoms with Gasteiger partial charge in [0.25, 0.3) is 0 Å². The van der Waals surface area contributed by atoms with Crippen LogP contribution in [0.1, 0.15) is 310 Å². The summed E-state index contributed by atoms with van der Waals surface area (Å²) >= 11 is 0. The standard InChI is InChI=1S/C76H126O6/c1-4-7-10-13-16-19-22-25-27-29-31-32-33-34-35-36-37-38-39-40-41-42-43-44-46-47-49-51-54-57-60-63-66-69-75(78)81-72-73(71-80-74(77)68-65-62-59-56-53-24-21-18-15-12-9-6-3)82-76(79)70-67-64-61-58-55-52-50-48-45-30-28-26-23-20-17-14-11-8-5-2/h7,10,16,19,25-28,31-32,34-35,37-38,40-41,43-44,47,49,54,57,73H,4-6,8-9,11-15,17-18,20-24,29-30,33,36,39,42,45-46,48,50-53,55-56,58-72H2,1-3H3/b10-7-,19-16-,27-25-,28-26-,32-31-,35-34-,38-37-,41-40-,44-43-,49-47-,57-54-. The lowest BCUT2D eigenvalue weighted by Crippen LogP contribution is -2.30. The van der Waals surface area contributed by atoms with E-state index in [1.165, 1.54) is 148 Å². The SMILES string of the molecule is CC/C=C\C/C=C\C/C=C\C/C=C\C/C=C\C/C=C\C/C=C\C/C=C\C/C=C\C/C=C\CCCCC(=O)OCC(COC(=O)CCCCCCCCCCCCCC)OC(=O)CCCCCCCCCCC/C=C\CCCCCCCC. The minimum atomic E-state index is -0.800. The summed E-state index contributed by atoms with van der Waals surface area (Å²) in [7, 11) is 0. The number of unbranched alkanes of at least 4 members (excludes halogenated alkanes) is 28. The third-order valence-electron chi connectivity index (χ3n) is 14.4. The molecule has 0 saturated carbocycles. The fourth-order valence-corrected chi connectivity index (χ4v) is 9.29. The monoisotopic (exact) mass is 1130 g/mol. The van der Waals surface area contributed by atoms with Gasteiger partial charge in [0.05, 0.1) is 0 Å². The smallest absolute Gasteiger partial charge is 0.306 e. The quantitative estimate of drug-likeness (QED) is 0.0261. The molecule has 6 nitrogen and oxygen atoms in total. The molecule has 0 fully saturated rings. The van der Waals surface area contributed by atoms with E-state index < -0.39 is 6.10 Å². The van der Waals surface area contributed by atoms with Gasteiger partial charge in [-0.05, 0) is 122 Å². The van der Waals surface area contributed by atoms with Crippen LogP contribution in [0.4, 0.5) is 0 Å². The molecule has 0 saturated heterocycles. The molecule has 0 aromatic rings. The van der Waals surface area contributed by atoms with Crippen molar-refractivity contribution in [2.75, 3.05) is 13.2 Å². The number of carbonyl (C=O) groups excluding carboxylic acids is 3. The van der Waals surface area contributed by atoms with Gasteiger partial charge in [-0.1, -0.05) is 302 Å².